The zero-order valence-corrected chi connectivity index (χ0v) is 21.1. The van der Waals surface area contributed by atoms with Crippen molar-refractivity contribution >= 4 is 17.4 Å². The first-order valence-electron chi connectivity index (χ1n) is 11.6. The molecule has 38 heavy (non-hydrogen) atoms. The van der Waals surface area contributed by atoms with Crippen LogP contribution in [-0.2, 0) is 22.6 Å². The van der Waals surface area contributed by atoms with E-state index < -0.39 is 40.4 Å². The molecule has 0 atom stereocenters. The number of carbonyl (C=O) groups is 1. The summed E-state index contributed by atoms with van der Waals surface area (Å²) >= 11 is 0. The number of aliphatic hydroxyl groups excluding tert-OH is 1. The number of alkyl halides is 6. The molecule has 0 aliphatic rings. The smallest absolute Gasteiger partial charge is 0.395 e. The second-order valence-electron chi connectivity index (χ2n) is 9.34. The van der Waals surface area contributed by atoms with Crippen LogP contribution in [0.3, 0.4) is 0 Å². The van der Waals surface area contributed by atoms with Gasteiger partial charge in [-0.2, -0.15) is 26.3 Å². The summed E-state index contributed by atoms with van der Waals surface area (Å²) in [5.41, 5.74) is -2.36. The molecule has 11 heteroatoms. The summed E-state index contributed by atoms with van der Waals surface area (Å²) in [6.07, 6.45) is -8.65. The molecule has 204 valence electrons. The molecular formula is C27H27F6N3O2. The number of rotatable bonds is 7. The topological polar surface area (TPSA) is 65.5 Å². The first kappa shape index (κ1) is 29.0. The Morgan fingerprint density at radius 1 is 0.947 bits per heavy atom. The van der Waals surface area contributed by atoms with Gasteiger partial charge in [0, 0.05) is 31.0 Å². The molecule has 2 N–H and O–H groups in total. The number of nitrogens with zero attached hydrogens (tertiary/aromatic N) is 2. The largest absolute Gasteiger partial charge is 0.416 e. The maximum absolute atomic E-state index is 13.6. The molecule has 0 aliphatic carbocycles. The Hall–Kier alpha value is -3.60. The van der Waals surface area contributed by atoms with Crippen molar-refractivity contribution in [3.63, 3.8) is 0 Å². The minimum absolute atomic E-state index is 0.0322. The average molecular weight is 540 g/mol. The molecule has 0 aliphatic heterocycles. The first-order chi connectivity index (χ1) is 17.6. The quantitative estimate of drug-likeness (QED) is 0.339. The van der Waals surface area contributed by atoms with Crippen molar-refractivity contribution in [1.29, 1.82) is 0 Å². The highest BCUT2D eigenvalue weighted by Gasteiger charge is 2.41. The Kier molecular flexibility index (Phi) is 8.11. The van der Waals surface area contributed by atoms with Crippen LogP contribution in [0, 0.1) is 6.92 Å². The van der Waals surface area contributed by atoms with Crippen LogP contribution >= 0.6 is 0 Å². The highest BCUT2D eigenvalue weighted by Crippen LogP contribution is 2.40. The Balaban J connectivity index is 2.07. The van der Waals surface area contributed by atoms with Crippen LogP contribution in [-0.4, -0.2) is 36.2 Å². The van der Waals surface area contributed by atoms with Crippen molar-refractivity contribution in [3.8, 4) is 11.1 Å². The Morgan fingerprint density at radius 2 is 1.53 bits per heavy atom. The van der Waals surface area contributed by atoms with Gasteiger partial charge in [0.1, 0.15) is 5.82 Å². The predicted octanol–water partition coefficient (Wildman–Crippen LogP) is 6.44. The van der Waals surface area contributed by atoms with Crippen LogP contribution in [0.5, 0.6) is 0 Å². The van der Waals surface area contributed by atoms with E-state index in [1.54, 1.807) is 24.3 Å². The minimum Gasteiger partial charge on any atom is -0.395 e. The maximum atomic E-state index is 13.6. The van der Waals surface area contributed by atoms with E-state index in [4.69, 9.17) is 5.11 Å². The van der Waals surface area contributed by atoms with Crippen LogP contribution in [0.15, 0.2) is 54.7 Å². The third-order valence-corrected chi connectivity index (χ3v) is 6.23. The fraction of sp³-hybridized carbons (Fsp3) is 0.333. The number of aryl methyl sites for hydroxylation is 1. The molecule has 0 radical (unpaired) electrons. The van der Waals surface area contributed by atoms with Crippen LogP contribution < -0.4 is 10.2 Å². The van der Waals surface area contributed by atoms with Crippen molar-refractivity contribution in [2.45, 2.75) is 38.5 Å². The van der Waals surface area contributed by atoms with Gasteiger partial charge in [-0.05, 0) is 73.9 Å². The van der Waals surface area contributed by atoms with Gasteiger partial charge in [0.05, 0.1) is 23.1 Å². The summed E-state index contributed by atoms with van der Waals surface area (Å²) in [6, 6.07) is 9.95. The summed E-state index contributed by atoms with van der Waals surface area (Å²) < 4.78 is 80.6. The minimum atomic E-state index is -5.04. The molecule has 3 aromatic rings. The van der Waals surface area contributed by atoms with Gasteiger partial charge in [0.2, 0.25) is 5.91 Å². The fourth-order valence-electron chi connectivity index (χ4n) is 4.01. The number of anilines is 2. The Bertz CT molecular complexity index is 1290. The lowest BCUT2D eigenvalue weighted by molar-refractivity contribution is -0.143. The molecule has 0 saturated carbocycles. The van der Waals surface area contributed by atoms with Crippen LogP contribution in [0.4, 0.5) is 37.8 Å². The highest BCUT2D eigenvalue weighted by molar-refractivity contribution is 6.02. The SMILES string of the molecule is Cc1ccc(-c2cccnc2N(C)C(=O)C(C)(C)c2cc(C(F)(F)F)cc(C(F)(F)F)c2)cc1NCCO. The number of likely N-dealkylation sites (N-methyl/N-ethyl adjacent to an activating group) is 1. The zero-order chi connectivity index (χ0) is 28.5. The molecule has 3 rings (SSSR count). The Morgan fingerprint density at radius 3 is 2.08 bits per heavy atom. The summed E-state index contributed by atoms with van der Waals surface area (Å²) in [7, 11) is 1.37. The van der Waals surface area contributed by atoms with Gasteiger partial charge in [-0.25, -0.2) is 4.98 Å². The molecule has 0 fully saturated rings. The lowest BCUT2D eigenvalue weighted by atomic mass is 9.81. The monoisotopic (exact) mass is 539 g/mol. The second kappa shape index (κ2) is 10.6. The van der Waals surface area contributed by atoms with E-state index in [9.17, 15) is 31.1 Å². The summed E-state index contributed by atoms with van der Waals surface area (Å²) in [4.78, 5) is 19.0. The molecule has 2 aromatic carbocycles. The molecule has 1 aromatic heterocycles. The van der Waals surface area contributed by atoms with E-state index in [1.807, 2.05) is 13.0 Å². The van der Waals surface area contributed by atoms with E-state index in [2.05, 4.69) is 10.3 Å². The van der Waals surface area contributed by atoms with Gasteiger partial charge in [-0.15, -0.1) is 0 Å². The Labute approximate surface area is 216 Å². The van der Waals surface area contributed by atoms with E-state index in [-0.39, 0.29) is 18.5 Å². The molecule has 0 saturated heterocycles. The van der Waals surface area contributed by atoms with Gasteiger partial charge in [-0.3, -0.25) is 9.69 Å². The van der Waals surface area contributed by atoms with Crippen LogP contribution in [0.25, 0.3) is 11.1 Å². The van der Waals surface area contributed by atoms with Crippen LogP contribution in [0.1, 0.15) is 36.1 Å². The molecular weight excluding hydrogens is 512 g/mol. The number of aliphatic hydroxyl groups is 1. The van der Waals surface area contributed by atoms with Crippen molar-refractivity contribution in [3.05, 3.63) is 77.0 Å². The lowest BCUT2D eigenvalue weighted by Gasteiger charge is -2.31. The average Bonchev–Trinajstić information content (AvgIpc) is 2.86. The van der Waals surface area contributed by atoms with E-state index >= 15 is 0 Å². The number of aromatic nitrogens is 1. The molecule has 0 unspecified atom stereocenters. The number of halogens is 6. The first-order valence-corrected chi connectivity index (χ1v) is 11.6. The number of pyridine rings is 1. The van der Waals surface area contributed by atoms with Crippen molar-refractivity contribution in [1.82, 2.24) is 4.98 Å². The van der Waals surface area contributed by atoms with Gasteiger partial charge < -0.3 is 10.4 Å². The molecule has 1 heterocycles. The van der Waals surface area contributed by atoms with Gasteiger partial charge in [0.15, 0.2) is 0 Å². The second-order valence-corrected chi connectivity index (χ2v) is 9.34. The highest BCUT2D eigenvalue weighted by atomic mass is 19.4. The number of hydrogen-bond donors (Lipinski definition) is 2. The van der Waals surface area contributed by atoms with E-state index in [1.165, 1.54) is 27.1 Å². The summed E-state index contributed by atoms with van der Waals surface area (Å²) in [5.74, 6) is -0.582. The van der Waals surface area contributed by atoms with E-state index in [0.29, 0.717) is 29.8 Å². The van der Waals surface area contributed by atoms with Gasteiger partial charge >= 0.3 is 12.4 Å². The lowest BCUT2D eigenvalue weighted by Crippen LogP contribution is -2.42. The normalized spacial score (nSPS) is 12.4. The molecule has 1 amide bonds. The summed E-state index contributed by atoms with van der Waals surface area (Å²) in [5, 5.41) is 12.2. The molecule has 0 spiro atoms. The van der Waals surface area contributed by atoms with Gasteiger partial charge in [-0.1, -0.05) is 12.1 Å². The third-order valence-electron chi connectivity index (χ3n) is 6.23. The zero-order valence-electron chi connectivity index (χ0n) is 21.1. The third kappa shape index (κ3) is 6.09. The number of carbonyl (C=O) groups excluding carboxylic acids is 1. The number of amides is 1. The number of nitrogens with one attached hydrogen (secondary N) is 1. The molecule has 5 nitrogen and oxygen atoms in total. The number of hydrogen-bond acceptors (Lipinski definition) is 4. The predicted molar refractivity (Wildman–Crippen MR) is 133 cm³/mol. The van der Waals surface area contributed by atoms with Crippen molar-refractivity contribution in [2.75, 3.05) is 30.4 Å². The maximum Gasteiger partial charge on any atom is 0.416 e. The van der Waals surface area contributed by atoms with Gasteiger partial charge in [0.25, 0.3) is 0 Å². The standard InChI is InChI=1S/C27H27F6N3O2/c1-16-7-8-17(12-22(16)34-10-11-37)21-6-5-9-35-23(21)36(4)24(38)25(2,3)18-13-19(26(28,29)30)15-20(14-18)27(31,32)33/h5-9,12-15,34,37H,10-11H2,1-4H3. The fourth-order valence-corrected chi connectivity index (χ4v) is 4.01. The molecule has 0 bridgehead atoms. The summed E-state index contributed by atoms with van der Waals surface area (Å²) in [6.45, 7) is 4.64. The van der Waals surface area contributed by atoms with Crippen LogP contribution in [0.2, 0.25) is 0 Å². The van der Waals surface area contributed by atoms with Crippen molar-refractivity contribution < 1.29 is 36.2 Å². The van der Waals surface area contributed by atoms with E-state index in [0.717, 1.165) is 16.2 Å². The van der Waals surface area contributed by atoms with Crippen molar-refractivity contribution in [2.24, 2.45) is 0 Å². The number of benzene rings is 2.